The fraction of sp³-hybridized carbons (Fsp3) is 0.632. The second-order valence-electron chi connectivity index (χ2n) is 7.30. The molecule has 5 unspecified atom stereocenters. The van der Waals surface area contributed by atoms with Crippen LogP contribution in [-0.2, 0) is 0 Å². The van der Waals surface area contributed by atoms with Gasteiger partial charge in [0.15, 0.2) is 5.78 Å². The number of piperidine rings is 1. The maximum atomic E-state index is 13.0. The predicted octanol–water partition coefficient (Wildman–Crippen LogP) is 3.77. The van der Waals surface area contributed by atoms with E-state index in [1.165, 1.54) is 32.1 Å². The highest BCUT2D eigenvalue weighted by Crippen LogP contribution is 2.50. The van der Waals surface area contributed by atoms with Crippen LogP contribution in [0, 0.1) is 17.8 Å². The SMILES string of the molecule is CN1C2CCC1C1CCCC(C(=O)c3ccccc3)C1C2. The molecule has 2 bridgehead atoms. The first-order chi connectivity index (χ1) is 10.3. The van der Waals surface area contributed by atoms with Gasteiger partial charge in [0.05, 0.1) is 0 Å². The summed E-state index contributed by atoms with van der Waals surface area (Å²) in [7, 11) is 2.31. The number of hydrogen-bond acceptors (Lipinski definition) is 2. The third-order valence-electron chi connectivity index (χ3n) is 6.45. The number of rotatable bonds is 2. The molecule has 1 saturated carbocycles. The van der Waals surface area contributed by atoms with Crippen LogP contribution in [0.2, 0.25) is 0 Å². The molecule has 0 amide bonds. The highest BCUT2D eigenvalue weighted by atomic mass is 16.1. The fourth-order valence-electron chi connectivity index (χ4n) is 5.41. The molecule has 1 aromatic carbocycles. The lowest BCUT2D eigenvalue weighted by Crippen LogP contribution is -2.51. The molecule has 2 nitrogen and oxygen atoms in total. The maximum absolute atomic E-state index is 13.0. The monoisotopic (exact) mass is 283 g/mol. The molecule has 2 heteroatoms. The molecule has 0 spiro atoms. The smallest absolute Gasteiger partial charge is 0.166 e. The van der Waals surface area contributed by atoms with E-state index in [0.717, 1.165) is 30.0 Å². The van der Waals surface area contributed by atoms with Gasteiger partial charge in [-0.3, -0.25) is 4.79 Å². The van der Waals surface area contributed by atoms with Crippen LogP contribution < -0.4 is 0 Å². The number of benzene rings is 1. The first-order valence-electron chi connectivity index (χ1n) is 8.57. The molecule has 21 heavy (non-hydrogen) atoms. The largest absolute Gasteiger partial charge is 0.300 e. The van der Waals surface area contributed by atoms with Gasteiger partial charge >= 0.3 is 0 Å². The van der Waals surface area contributed by atoms with Crippen molar-refractivity contribution in [2.45, 2.75) is 50.6 Å². The molecule has 4 rings (SSSR count). The molecule has 0 aromatic heterocycles. The van der Waals surface area contributed by atoms with Crippen LogP contribution in [-0.4, -0.2) is 29.8 Å². The zero-order valence-corrected chi connectivity index (χ0v) is 12.9. The molecule has 2 saturated heterocycles. The van der Waals surface area contributed by atoms with Crippen molar-refractivity contribution in [2.24, 2.45) is 17.8 Å². The molecule has 0 N–H and O–H groups in total. The Morgan fingerprint density at radius 2 is 1.86 bits per heavy atom. The highest BCUT2D eigenvalue weighted by Gasteiger charge is 2.50. The quantitative estimate of drug-likeness (QED) is 0.770. The van der Waals surface area contributed by atoms with Crippen molar-refractivity contribution in [1.29, 1.82) is 0 Å². The van der Waals surface area contributed by atoms with Gasteiger partial charge in [0.25, 0.3) is 0 Å². The summed E-state index contributed by atoms with van der Waals surface area (Å²) in [6, 6.07) is 11.5. The maximum Gasteiger partial charge on any atom is 0.166 e. The van der Waals surface area contributed by atoms with Crippen LogP contribution in [0.15, 0.2) is 30.3 Å². The van der Waals surface area contributed by atoms with Gasteiger partial charge in [0, 0.05) is 23.6 Å². The van der Waals surface area contributed by atoms with Crippen molar-refractivity contribution >= 4 is 5.78 Å². The number of carbonyl (C=O) groups is 1. The van der Waals surface area contributed by atoms with Gasteiger partial charge in [-0.05, 0) is 51.0 Å². The summed E-state index contributed by atoms with van der Waals surface area (Å²) in [5.74, 6) is 2.09. The van der Waals surface area contributed by atoms with E-state index in [0.29, 0.717) is 11.7 Å². The van der Waals surface area contributed by atoms with Crippen molar-refractivity contribution in [2.75, 3.05) is 7.05 Å². The van der Waals surface area contributed by atoms with Gasteiger partial charge in [-0.1, -0.05) is 36.8 Å². The number of Topliss-reactive ketones (excluding diaryl/α,β-unsaturated/α-hetero) is 1. The van der Waals surface area contributed by atoms with E-state index in [9.17, 15) is 4.79 Å². The third kappa shape index (κ3) is 2.15. The summed E-state index contributed by atoms with van der Waals surface area (Å²) in [6.45, 7) is 0. The zero-order valence-electron chi connectivity index (χ0n) is 12.9. The molecule has 112 valence electrons. The normalized spacial score (nSPS) is 39.0. The van der Waals surface area contributed by atoms with Crippen LogP contribution in [0.5, 0.6) is 0 Å². The minimum Gasteiger partial charge on any atom is -0.300 e. The molecule has 3 aliphatic rings. The van der Waals surface area contributed by atoms with Crippen molar-refractivity contribution in [1.82, 2.24) is 4.90 Å². The molecule has 2 aliphatic heterocycles. The second kappa shape index (κ2) is 5.24. The minimum absolute atomic E-state index is 0.281. The van der Waals surface area contributed by atoms with Crippen LogP contribution in [0.3, 0.4) is 0 Å². The van der Waals surface area contributed by atoms with Gasteiger partial charge < -0.3 is 4.90 Å². The lowest BCUT2D eigenvalue weighted by atomic mass is 9.64. The van der Waals surface area contributed by atoms with Gasteiger partial charge in [0.2, 0.25) is 0 Å². The molecular formula is C19H25NO. The summed E-state index contributed by atoms with van der Waals surface area (Å²) in [6.07, 6.45) is 7.64. The second-order valence-corrected chi connectivity index (χ2v) is 7.30. The van der Waals surface area contributed by atoms with E-state index in [-0.39, 0.29) is 5.92 Å². The summed E-state index contributed by atoms with van der Waals surface area (Å²) in [5, 5.41) is 0. The van der Waals surface area contributed by atoms with E-state index in [1.807, 2.05) is 30.3 Å². The molecule has 5 atom stereocenters. The summed E-state index contributed by atoms with van der Waals surface area (Å²) in [4.78, 5) is 15.6. The van der Waals surface area contributed by atoms with Crippen LogP contribution in [0.25, 0.3) is 0 Å². The average molecular weight is 283 g/mol. The first kappa shape index (κ1) is 13.5. The molecule has 1 aromatic rings. The summed E-state index contributed by atoms with van der Waals surface area (Å²) >= 11 is 0. The van der Waals surface area contributed by atoms with E-state index >= 15 is 0 Å². The van der Waals surface area contributed by atoms with Crippen LogP contribution in [0.1, 0.15) is 48.9 Å². The number of nitrogens with zero attached hydrogens (tertiary/aromatic N) is 1. The van der Waals surface area contributed by atoms with Gasteiger partial charge in [-0.2, -0.15) is 0 Å². The Balaban J connectivity index is 1.60. The molecular weight excluding hydrogens is 258 g/mol. The summed E-state index contributed by atoms with van der Waals surface area (Å²) < 4.78 is 0. The fourth-order valence-corrected chi connectivity index (χ4v) is 5.41. The van der Waals surface area contributed by atoms with E-state index in [4.69, 9.17) is 0 Å². The van der Waals surface area contributed by atoms with Gasteiger partial charge in [-0.25, -0.2) is 0 Å². The highest BCUT2D eigenvalue weighted by molar-refractivity contribution is 5.98. The average Bonchev–Trinajstić information content (AvgIpc) is 2.78. The zero-order chi connectivity index (χ0) is 14.4. The Bertz CT molecular complexity index is 526. The Morgan fingerprint density at radius 1 is 1.05 bits per heavy atom. The Labute approximate surface area is 127 Å². The lowest BCUT2D eigenvalue weighted by Gasteiger charge is -2.48. The van der Waals surface area contributed by atoms with Crippen molar-refractivity contribution in [3.05, 3.63) is 35.9 Å². The molecule has 0 radical (unpaired) electrons. The minimum atomic E-state index is 0.281. The topological polar surface area (TPSA) is 20.3 Å². The number of ketones is 1. The standard InChI is InChI=1S/C19H25NO/c1-20-14-10-11-18(20)15-8-5-9-16(17(15)12-14)19(21)13-6-3-2-4-7-13/h2-4,6-7,14-18H,5,8-12H2,1H3. The van der Waals surface area contributed by atoms with E-state index in [2.05, 4.69) is 11.9 Å². The number of fused-ring (bicyclic) bond motifs is 4. The Morgan fingerprint density at radius 3 is 2.67 bits per heavy atom. The Hall–Kier alpha value is -1.15. The van der Waals surface area contributed by atoms with E-state index < -0.39 is 0 Å². The van der Waals surface area contributed by atoms with Crippen molar-refractivity contribution in [3.8, 4) is 0 Å². The van der Waals surface area contributed by atoms with Crippen molar-refractivity contribution < 1.29 is 4.79 Å². The predicted molar refractivity (Wildman–Crippen MR) is 84.3 cm³/mol. The van der Waals surface area contributed by atoms with Crippen LogP contribution >= 0.6 is 0 Å². The number of hydrogen-bond donors (Lipinski definition) is 0. The van der Waals surface area contributed by atoms with Gasteiger partial charge in [0.1, 0.15) is 0 Å². The first-order valence-corrected chi connectivity index (χ1v) is 8.57. The molecule has 2 heterocycles. The molecule has 3 fully saturated rings. The molecule has 1 aliphatic carbocycles. The van der Waals surface area contributed by atoms with Gasteiger partial charge in [-0.15, -0.1) is 0 Å². The summed E-state index contributed by atoms with van der Waals surface area (Å²) in [5.41, 5.74) is 0.925. The lowest BCUT2D eigenvalue weighted by molar-refractivity contribution is 0.0105. The third-order valence-corrected chi connectivity index (χ3v) is 6.45. The number of carbonyl (C=O) groups excluding carboxylic acids is 1. The Kier molecular flexibility index (Phi) is 3.37. The van der Waals surface area contributed by atoms with Crippen LogP contribution in [0.4, 0.5) is 0 Å². The van der Waals surface area contributed by atoms with E-state index in [1.54, 1.807) is 0 Å². The van der Waals surface area contributed by atoms with Crippen molar-refractivity contribution in [3.63, 3.8) is 0 Å².